The first-order valence-electron chi connectivity index (χ1n) is 9.44. The van der Waals surface area contributed by atoms with Crippen LogP contribution in [0.2, 0.25) is 0 Å². The molecular weight excluding hydrogens is 338 g/mol. The van der Waals surface area contributed by atoms with Crippen LogP contribution in [0.4, 0.5) is 0 Å². The number of hydrogen-bond donors (Lipinski definition) is 1. The maximum absolute atomic E-state index is 11.8. The quantitative estimate of drug-likeness (QED) is 0.678. The highest BCUT2D eigenvalue weighted by molar-refractivity contribution is 5.77. The van der Waals surface area contributed by atoms with E-state index in [0.717, 1.165) is 22.6 Å². The molecule has 0 saturated heterocycles. The maximum Gasteiger partial charge on any atom is 0.220 e. The summed E-state index contributed by atoms with van der Waals surface area (Å²) in [6.45, 7) is 9.19. The molecule has 0 aliphatic heterocycles. The fourth-order valence-electron chi connectivity index (χ4n) is 3.13. The van der Waals surface area contributed by atoms with Crippen LogP contribution in [0.1, 0.15) is 43.3 Å². The van der Waals surface area contributed by atoms with Crippen molar-refractivity contribution in [3.05, 3.63) is 59.4 Å². The Bertz CT molecular complexity index is 946. The molecule has 1 heterocycles. The van der Waals surface area contributed by atoms with E-state index < -0.39 is 0 Å². The summed E-state index contributed by atoms with van der Waals surface area (Å²) in [5, 5.41) is 3.01. The van der Waals surface area contributed by atoms with Crippen molar-refractivity contribution in [2.24, 2.45) is 0 Å². The summed E-state index contributed by atoms with van der Waals surface area (Å²) in [7, 11) is 0. The molecule has 1 amide bonds. The minimum atomic E-state index is -0.161. The molecule has 0 aliphatic rings. The summed E-state index contributed by atoms with van der Waals surface area (Å²) in [5.41, 5.74) is 4.45. The average molecular weight is 365 g/mol. The topological polar surface area (TPSA) is 56.2 Å². The summed E-state index contributed by atoms with van der Waals surface area (Å²) in [6, 6.07) is 14.0. The first kappa shape index (κ1) is 19.0. The van der Waals surface area contributed by atoms with Crippen molar-refractivity contribution in [3.8, 4) is 5.75 Å². The lowest BCUT2D eigenvalue weighted by Crippen LogP contribution is -2.28. The van der Waals surface area contributed by atoms with Crippen molar-refractivity contribution >= 4 is 16.9 Å². The van der Waals surface area contributed by atoms with Crippen LogP contribution in [-0.2, 0) is 11.3 Å². The summed E-state index contributed by atoms with van der Waals surface area (Å²) >= 11 is 0. The van der Waals surface area contributed by atoms with Crippen LogP contribution in [0.25, 0.3) is 11.0 Å². The highest BCUT2D eigenvalue weighted by Gasteiger charge is 2.17. The van der Waals surface area contributed by atoms with Gasteiger partial charge < -0.3 is 14.6 Å². The molecule has 0 fully saturated rings. The van der Waals surface area contributed by atoms with Crippen molar-refractivity contribution < 1.29 is 9.53 Å². The molecule has 1 atom stereocenters. The fraction of sp³-hybridized carbons (Fsp3) is 0.364. The van der Waals surface area contributed by atoms with Gasteiger partial charge in [-0.05, 0) is 56.2 Å². The number of fused-ring (bicyclic) bond motifs is 1. The Morgan fingerprint density at radius 3 is 2.70 bits per heavy atom. The normalized spacial score (nSPS) is 12.1. The number of nitrogens with one attached hydrogen (secondary N) is 1. The number of para-hydroxylation sites is 2. The number of benzene rings is 2. The zero-order valence-electron chi connectivity index (χ0n) is 16.5. The SMILES string of the molecule is CCC(=O)NC(C)c1nc2ccccc2n1CCOc1ccc(C)c(C)c1. The minimum absolute atomic E-state index is 0.0208. The third-order valence-corrected chi connectivity index (χ3v) is 4.83. The molecule has 27 heavy (non-hydrogen) atoms. The molecule has 1 aromatic heterocycles. The lowest BCUT2D eigenvalue weighted by molar-refractivity contribution is -0.121. The molecule has 3 aromatic rings. The van der Waals surface area contributed by atoms with Gasteiger partial charge in [0, 0.05) is 6.42 Å². The highest BCUT2D eigenvalue weighted by atomic mass is 16.5. The van der Waals surface area contributed by atoms with Crippen molar-refractivity contribution in [2.75, 3.05) is 6.61 Å². The smallest absolute Gasteiger partial charge is 0.220 e. The van der Waals surface area contributed by atoms with E-state index in [4.69, 9.17) is 9.72 Å². The molecule has 1 unspecified atom stereocenters. The van der Waals surface area contributed by atoms with Crippen LogP contribution < -0.4 is 10.1 Å². The van der Waals surface area contributed by atoms with E-state index in [-0.39, 0.29) is 11.9 Å². The molecule has 142 valence electrons. The van der Waals surface area contributed by atoms with Crippen LogP contribution in [-0.4, -0.2) is 22.1 Å². The van der Waals surface area contributed by atoms with E-state index in [1.165, 1.54) is 11.1 Å². The molecule has 0 bridgehead atoms. The van der Waals surface area contributed by atoms with Gasteiger partial charge in [0.1, 0.15) is 18.2 Å². The van der Waals surface area contributed by atoms with Crippen LogP contribution in [0.15, 0.2) is 42.5 Å². The number of ether oxygens (including phenoxy) is 1. The van der Waals surface area contributed by atoms with Gasteiger partial charge >= 0.3 is 0 Å². The molecule has 0 saturated carbocycles. The zero-order chi connectivity index (χ0) is 19.4. The summed E-state index contributed by atoms with van der Waals surface area (Å²) in [5.74, 6) is 1.74. The largest absolute Gasteiger partial charge is 0.492 e. The number of carbonyl (C=O) groups is 1. The first-order chi connectivity index (χ1) is 13.0. The van der Waals surface area contributed by atoms with E-state index in [1.807, 2.05) is 38.1 Å². The predicted octanol–water partition coefficient (Wildman–Crippen LogP) is 4.32. The fourth-order valence-corrected chi connectivity index (χ4v) is 3.13. The van der Waals surface area contributed by atoms with E-state index in [0.29, 0.717) is 19.6 Å². The first-order valence-corrected chi connectivity index (χ1v) is 9.44. The van der Waals surface area contributed by atoms with Gasteiger partial charge in [0.25, 0.3) is 0 Å². The number of aryl methyl sites for hydroxylation is 2. The minimum Gasteiger partial charge on any atom is -0.492 e. The number of nitrogens with zero attached hydrogens (tertiary/aromatic N) is 2. The standard InChI is InChI=1S/C22H27N3O2/c1-5-21(26)23-17(4)22-24-19-8-6-7-9-20(19)25(22)12-13-27-18-11-10-15(2)16(3)14-18/h6-11,14,17H,5,12-13H2,1-4H3,(H,23,26). The number of carbonyl (C=O) groups excluding carboxylic acids is 1. The lowest BCUT2D eigenvalue weighted by Gasteiger charge is -2.16. The molecule has 5 nitrogen and oxygen atoms in total. The number of hydrogen-bond acceptors (Lipinski definition) is 3. The van der Waals surface area contributed by atoms with E-state index in [9.17, 15) is 4.79 Å². The third kappa shape index (κ3) is 4.30. The number of amides is 1. The van der Waals surface area contributed by atoms with Crippen molar-refractivity contribution in [2.45, 2.75) is 46.7 Å². The Kier molecular flexibility index (Phi) is 5.79. The van der Waals surface area contributed by atoms with E-state index in [2.05, 4.69) is 41.9 Å². The lowest BCUT2D eigenvalue weighted by atomic mass is 10.1. The predicted molar refractivity (Wildman–Crippen MR) is 108 cm³/mol. The Labute approximate surface area is 160 Å². The summed E-state index contributed by atoms with van der Waals surface area (Å²) < 4.78 is 8.10. The van der Waals surface area contributed by atoms with Gasteiger partial charge in [-0.15, -0.1) is 0 Å². The van der Waals surface area contributed by atoms with Crippen molar-refractivity contribution in [3.63, 3.8) is 0 Å². The Morgan fingerprint density at radius 1 is 1.19 bits per heavy atom. The highest BCUT2D eigenvalue weighted by Crippen LogP contribution is 2.22. The van der Waals surface area contributed by atoms with Crippen LogP contribution >= 0.6 is 0 Å². The Hall–Kier alpha value is -2.82. The molecule has 2 aromatic carbocycles. The van der Waals surface area contributed by atoms with Gasteiger partial charge in [-0.25, -0.2) is 4.98 Å². The zero-order valence-corrected chi connectivity index (χ0v) is 16.5. The van der Waals surface area contributed by atoms with Crippen LogP contribution in [0.3, 0.4) is 0 Å². The van der Waals surface area contributed by atoms with Crippen molar-refractivity contribution in [1.29, 1.82) is 0 Å². The average Bonchev–Trinajstić information content (AvgIpc) is 3.03. The van der Waals surface area contributed by atoms with Gasteiger partial charge in [0.2, 0.25) is 5.91 Å². The van der Waals surface area contributed by atoms with E-state index in [1.54, 1.807) is 0 Å². The molecular formula is C22H27N3O2. The summed E-state index contributed by atoms with van der Waals surface area (Å²) in [6.07, 6.45) is 0.459. The molecule has 0 aliphatic carbocycles. The molecule has 1 N–H and O–H groups in total. The second-order valence-electron chi connectivity index (χ2n) is 6.85. The van der Waals surface area contributed by atoms with Gasteiger partial charge in [0.15, 0.2) is 0 Å². The number of imidazole rings is 1. The van der Waals surface area contributed by atoms with Gasteiger partial charge in [-0.3, -0.25) is 4.79 Å². The Balaban J connectivity index is 1.80. The molecule has 3 rings (SSSR count). The molecule has 0 spiro atoms. The second-order valence-corrected chi connectivity index (χ2v) is 6.85. The van der Waals surface area contributed by atoms with E-state index >= 15 is 0 Å². The van der Waals surface area contributed by atoms with Crippen molar-refractivity contribution in [1.82, 2.24) is 14.9 Å². The maximum atomic E-state index is 11.8. The molecule has 5 heteroatoms. The van der Waals surface area contributed by atoms with Gasteiger partial charge in [-0.2, -0.15) is 0 Å². The van der Waals surface area contributed by atoms with Crippen LogP contribution in [0.5, 0.6) is 5.75 Å². The molecule has 0 radical (unpaired) electrons. The second kappa shape index (κ2) is 8.25. The third-order valence-electron chi connectivity index (χ3n) is 4.83. The monoisotopic (exact) mass is 365 g/mol. The Morgan fingerprint density at radius 2 is 1.96 bits per heavy atom. The number of rotatable bonds is 7. The summed E-state index contributed by atoms with van der Waals surface area (Å²) in [4.78, 5) is 16.6. The van der Waals surface area contributed by atoms with Gasteiger partial charge in [-0.1, -0.05) is 25.1 Å². The number of aromatic nitrogens is 2. The van der Waals surface area contributed by atoms with Gasteiger partial charge in [0.05, 0.1) is 23.6 Å². The van der Waals surface area contributed by atoms with Crippen LogP contribution in [0, 0.1) is 13.8 Å².